The van der Waals surface area contributed by atoms with Gasteiger partial charge in [-0.15, -0.1) is 0 Å². The fraction of sp³-hybridized carbons (Fsp3) is 1.00. The highest BCUT2D eigenvalue weighted by Crippen LogP contribution is 2.00. The van der Waals surface area contributed by atoms with E-state index in [1.165, 1.54) is 0 Å². The molecule has 0 aliphatic heterocycles. The molecular formula is C14H32N2O4. The van der Waals surface area contributed by atoms with Gasteiger partial charge in [0.15, 0.2) is 0 Å². The highest BCUT2D eigenvalue weighted by Gasteiger charge is 2.15. The Balaban J connectivity index is 4.35. The molecule has 0 amide bonds. The van der Waals surface area contributed by atoms with Gasteiger partial charge in [-0.25, -0.2) is 0 Å². The van der Waals surface area contributed by atoms with Gasteiger partial charge in [0.1, 0.15) is 0 Å². The molecule has 0 aromatic carbocycles. The van der Waals surface area contributed by atoms with Crippen molar-refractivity contribution in [2.75, 3.05) is 39.3 Å². The van der Waals surface area contributed by atoms with Crippen LogP contribution >= 0.6 is 0 Å². The van der Waals surface area contributed by atoms with Crippen molar-refractivity contribution in [1.29, 1.82) is 0 Å². The molecule has 0 unspecified atom stereocenters. The molecule has 0 saturated heterocycles. The second-order valence-electron chi connectivity index (χ2n) is 5.92. The third-order valence-corrected chi connectivity index (χ3v) is 2.82. The van der Waals surface area contributed by atoms with E-state index in [4.69, 9.17) is 0 Å². The largest absolute Gasteiger partial charge is 0.392 e. The number of aliphatic hydroxyl groups excluding tert-OH is 4. The Morgan fingerprint density at radius 1 is 0.550 bits per heavy atom. The molecule has 4 atom stereocenters. The molecule has 0 heterocycles. The average molecular weight is 292 g/mol. The van der Waals surface area contributed by atoms with E-state index in [1.54, 1.807) is 27.7 Å². The molecule has 0 aliphatic rings. The lowest BCUT2D eigenvalue weighted by atomic mass is 10.2. The molecule has 0 rings (SSSR count). The summed E-state index contributed by atoms with van der Waals surface area (Å²) in [6.45, 7) is 10.2. The van der Waals surface area contributed by atoms with E-state index in [0.29, 0.717) is 39.3 Å². The minimum absolute atomic E-state index is 0.448. The fourth-order valence-electron chi connectivity index (χ4n) is 2.29. The molecule has 0 radical (unpaired) electrons. The summed E-state index contributed by atoms with van der Waals surface area (Å²) in [6.07, 6.45) is -1.79. The Morgan fingerprint density at radius 2 is 0.750 bits per heavy atom. The van der Waals surface area contributed by atoms with Crippen LogP contribution in [0.3, 0.4) is 0 Å². The molecule has 0 bridgehead atoms. The Morgan fingerprint density at radius 3 is 0.900 bits per heavy atom. The van der Waals surface area contributed by atoms with Gasteiger partial charge in [-0.2, -0.15) is 0 Å². The first kappa shape index (κ1) is 19.8. The molecule has 122 valence electrons. The summed E-state index contributed by atoms with van der Waals surface area (Å²) in [5, 5.41) is 37.9. The maximum Gasteiger partial charge on any atom is 0.0639 e. The zero-order chi connectivity index (χ0) is 15.7. The topological polar surface area (TPSA) is 87.4 Å². The molecule has 4 N–H and O–H groups in total. The van der Waals surface area contributed by atoms with Gasteiger partial charge in [-0.1, -0.05) is 0 Å². The summed E-state index contributed by atoms with van der Waals surface area (Å²) >= 11 is 0. The zero-order valence-electron chi connectivity index (χ0n) is 13.2. The van der Waals surface area contributed by atoms with Gasteiger partial charge in [-0.05, 0) is 27.7 Å². The molecule has 20 heavy (non-hydrogen) atoms. The van der Waals surface area contributed by atoms with Crippen LogP contribution in [0.2, 0.25) is 0 Å². The summed E-state index contributed by atoms with van der Waals surface area (Å²) in [7, 11) is 0. The number of rotatable bonds is 11. The third-order valence-electron chi connectivity index (χ3n) is 2.82. The standard InChI is InChI=1S/C14H32N2O4/c1-11(17)7-15(8-12(2)18)5-6-16(9-13(3)19)10-14(4)20/h11-14,17-20H,5-10H2,1-4H3/t11-,12-,13-,14+/m1/s1. The van der Waals surface area contributed by atoms with Crippen molar-refractivity contribution in [3.8, 4) is 0 Å². The number of aliphatic hydroxyl groups is 4. The lowest BCUT2D eigenvalue weighted by Crippen LogP contribution is -2.44. The lowest BCUT2D eigenvalue weighted by molar-refractivity contribution is 0.0542. The SMILES string of the molecule is C[C@H](O)CN(CCN(C[C@@H](C)O)C[C@@H](C)O)C[C@@H](C)O. The van der Waals surface area contributed by atoms with E-state index in [1.807, 2.05) is 9.80 Å². The molecule has 6 nitrogen and oxygen atoms in total. The van der Waals surface area contributed by atoms with Crippen molar-refractivity contribution in [2.24, 2.45) is 0 Å². The number of hydrogen-bond acceptors (Lipinski definition) is 6. The van der Waals surface area contributed by atoms with Gasteiger partial charge in [0.2, 0.25) is 0 Å². The minimum Gasteiger partial charge on any atom is -0.392 e. The summed E-state index contributed by atoms with van der Waals surface area (Å²) < 4.78 is 0. The second kappa shape index (κ2) is 10.5. The van der Waals surface area contributed by atoms with Crippen LogP contribution in [-0.2, 0) is 0 Å². The zero-order valence-corrected chi connectivity index (χ0v) is 13.2. The summed E-state index contributed by atoms with van der Waals surface area (Å²) in [5.74, 6) is 0. The van der Waals surface area contributed by atoms with Gasteiger partial charge < -0.3 is 20.4 Å². The molecule has 0 aromatic rings. The van der Waals surface area contributed by atoms with Gasteiger partial charge in [-0.3, -0.25) is 9.80 Å². The molecule has 0 aromatic heterocycles. The Labute approximate surface area is 122 Å². The van der Waals surface area contributed by atoms with Crippen LogP contribution in [-0.4, -0.2) is 93.9 Å². The lowest BCUT2D eigenvalue weighted by Gasteiger charge is -2.30. The molecule has 0 fully saturated rings. The predicted octanol–water partition coefficient (Wildman–Crippen LogP) is -0.886. The highest BCUT2D eigenvalue weighted by molar-refractivity contribution is 4.70. The van der Waals surface area contributed by atoms with Crippen molar-refractivity contribution in [3.63, 3.8) is 0 Å². The first-order valence-electron chi connectivity index (χ1n) is 7.37. The van der Waals surface area contributed by atoms with Crippen molar-refractivity contribution >= 4 is 0 Å². The molecule has 6 heteroatoms. The molecular weight excluding hydrogens is 260 g/mol. The quantitative estimate of drug-likeness (QED) is 0.395. The summed E-state index contributed by atoms with van der Waals surface area (Å²) in [5.41, 5.74) is 0. The second-order valence-corrected chi connectivity index (χ2v) is 5.92. The van der Waals surface area contributed by atoms with E-state index < -0.39 is 24.4 Å². The highest BCUT2D eigenvalue weighted by atomic mass is 16.3. The first-order valence-corrected chi connectivity index (χ1v) is 7.37. The molecule has 0 saturated carbocycles. The van der Waals surface area contributed by atoms with Crippen LogP contribution in [0.5, 0.6) is 0 Å². The van der Waals surface area contributed by atoms with Crippen molar-refractivity contribution in [2.45, 2.75) is 52.1 Å². The maximum absolute atomic E-state index is 9.47. The Bertz CT molecular complexity index is 191. The van der Waals surface area contributed by atoms with Gasteiger partial charge in [0.05, 0.1) is 24.4 Å². The van der Waals surface area contributed by atoms with E-state index in [2.05, 4.69) is 0 Å². The van der Waals surface area contributed by atoms with Gasteiger partial charge in [0, 0.05) is 39.3 Å². The maximum atomic E-state index is 9.47. The Hall–Kier alpha value is -0.240. The van der Waals surface area contributed by atoms with Crippen molar-refractivity contribution < 1.29 is 20.4 Å². The van der Waals surface area contributed by atoms with Crippen LogP contribution in [0.1, 0.15) is 27.7 Å². The van der Waals surface area contributed by atoms with Crippen LogP contribution in [0.25, 0.3) is 0 Å². The fourth-order valence-corrected chi connectivity index (χ4v) is 2.29. The van der Waals surface area contributed by atoms with Gasteiger partial charge in [0.25, 0.3) is 0 Å². The molecule has 0 spiro atoms. The van der Waals surface area contributed by atoms with Crippen LogP contribution in [0.15, 0.2) is 0 Å². The van der Waals surface area contributed by atoms with E-state index in [9.17, 15) is 20.4 Å². The van der Waals surface area contributed by atoms with Crippen LogP contribution < -0.4 is 0 Å². The first-order chi connectivity index (χ1) is 9.20. The van der Waals surface area contributed by atoms with Crippen LogP contribution in [0, 0.1) is 0 Å². The van der Waals surface area contributed by atoms with Crippen molar-refractivity contribution in [1.82, 2.24) is 9.80 Å². The normalized spacial score (nSPS) is 18.3. The number of hydrogen-bond donors (Lipinski definition) is 4. The summed E-state index contributed by atoms with van der Waals surface area (Å²) in [6, 6.07) is 0. The predicted molar refractivity (Wildman–Crippen MR) is 79.6 cm³/mol. The summed E-state index contributed by atoms with van der Waals surface area (Å²) in [4.78, 5) is 3.98. The number of nitrogens with zero attached hydrogens (tertiary/aromatic N) is 2. The van der Waals surface area contributed by atoms with E-state index >= 15 is 0 Å². The average Bonchev–Trinajstić information content (AvgIpc) is 2.22. The Kier molecular flexibility index (Phi) is 10.4. The monoisotopic (exact) mass is 292 g/mol. The van der Waals surface area contributed by atoms with E-state index in [0.717, 1.165) is 0 Å². The van der Waals surface area contributed by atoms with Crippen LogP contribution in [0.4, 0.5) is 0 Å². The smallest absolute Gasteiger partial charge is 0.0639 e. The van der Waals surface area contributed by atoms with Crippen molar-refractivity contribution in [3.05, 3.63) is 0 Å². The minimum atomic E-state index is -0.448. The van der Waals surface area contributed by atoms with E-state index in [-0.39, 0.29) is 0 Å². The molecule has 0 aliphatic carbocycles. The third kappa shape index (κ3) is 11.6. The van der Waals surface area contributed by atoms with Gasteiger partial charge >= 0.3 is 0 Å².